The fourth-order valence-electron chi connectivity index (χ4n) is 3.55. The molecule has 1 aromatic heterocycles. The maximum absolute atomic E-state index is 12.9. The normalized spacial score (nSPS) is 18.0. The first kappa shape index (κ1) is 21.5. The first-order valence-electron chi connectivity index (χ1n) is 9.38. The van der Waals surface area contributed by atoms with Crippen LogP contribution < -0.4 is 0 Å². The van der Waals surface area contributed by atoms with E-state index < -0.39 is 17.7 Å². The van der Waals surface area contributed by atoms with Crippen molar-refractivity contribution in [3.8, 4) is 0 Å². The highest BCUT2D eigenvalue weighted by Gasteiger charge is 2.47. The lowest BCUT2D eigenvalue weighted by atomic mass is 9.99. The minimum Gasteiger partial charge on any atom is -0.507 e. The Morgan fingerprint density at radius 1 is 1.00 bits per heavy atom. The minimum absolute atomic E-state index is 0.0607. The number of ketones is 1. The number of aliphatic hydroxyl groups is 1. The number of halogens is 3. The Hall–Kier alpha value is -2.73. The molecular formula is C23H16Cl3NO4. The second kappa shape index (κ2) is 8.79. The van der Waals surface area contributed by atoms with E-state index in [0.717, 1.165) is 5.56 Å². The van der Waals surface area contributed by atoms with Crippen molar-refractivity contribution in [3.63, 3.8) is 0 Å². The highest BCUT2D eigenvalue weighted by molar-refractivity contribution is 6.46. The van der Waals surface area contributed by atoms with Crippen molar-refractivity contribution in [1.29, 1.82) is 0 Å². The number of carbonyl (C=O) groups excluding carboxylic acids is 2. The van der Waals surface area contributed by atoms with Crippen LogP contribution in [0.3, 0.4) is 0 Å². The number of aliphatic hydroxyl groups excluding tert-OH is 1. The molecule has 0 saturated carbocycles. The molecule has 5 nitrogen and oxygen atoms in total. The third-order valence-electron chi connectivity index (χ3n) is 5.10. The number of carbonyl (C=O) groups is 2. The summed E-state index contributed by atoms with van der Waals surface area (Å²) in [4.78, 5) is 27.2. The van der Waals surface area contributed by atoms with Crippen molar-refractivity contribution in [2.24, 2.45) is 0 Å². The molecule has 2 heterocycles. The van der Waals surface area contributed by atoms with Crippen LogP contribution in [-0.4, -0.2) is 28.2 Å². The van der Waals surface area contributed by atoms with Gasteiger partial charge in [-0.3, -0.25) is 9.59 Å². The van der Waals surface area contributed by atoms with E-state index in [1.54, 1.807) is 24.3 Å². The van der Waals surface area contributed by atoms with E-state index in [0.29, 0.717) is 22.2 Å². The largest absolute Gasteiger partial charge is 0.507 e. The van der Waals surface area contributed by atoms with Gasteiger partial charge in [-0.1, -0.05) is 46.9 Å². The molecule has 0 bridgehead atoms. The molecule has 158 valence electrons. The minimum atomic E-state index is -0.864. The molecule has 0 aliphatic carbocycles. The van der Waals surface area contributed by atoms with Crippen molar-refractivity contribution in [1.82, 2.24) is 4.90 Å². The van der Waals surface area contributed by atoms with Crippen LogP contribution in [0, 0.1) is 0 Å². The maximum atomic E-state index is 12.9. The number of furan rings is 1. The highest BCUT2D eigenvalue weighted by atomic mass is 35.5. The van der Waals surface area contributed by atoms with Crippen LogP contribution in [-0.2, 0) is 16.0 Å². The summed E-state index contributed by atoms with van der Waals surface area (Å²) in [5.74, 6) is -1.47. The second-order valence-corrected chi connectivity index (χ2v) is 8.26. The Morgan fingerprint density at radius 2 is 1.74 bits per heavy atom. The molecule has 0 radical (unpaired) electrons. The van der Waals surface area contributed by atoms with E-state index in [4.69, 9.17) is 39.2 Å². The van der Waals surface area contributed by atoms with E-state index in [1.807, 2.05) is 12.1 Å². The van der Waals surface area contributed by atoms with Gasteiger partial charge in [0.15, 0.2) is 0 Å². The molecule has 4 rings (SSSR count). The summed E-state index contributed by atoms with van der Waals surface area (Å²) in [7, 11) is 0. The van der Waals surface area contributed by atoms with Gasteiger partial charge in [-0.2, -0.15) is 0 Å². The summed E-state index contributed by atoms with van der Waals surface area (Å²) in [5.41, 5.74) is 1.17. The number of hydrogen-bond acceptors (Lipinski definition) is 4. The van der Waals surface area contributed by atoms with Crippen LogP contribution in [0.5, 0.6) is 0 Å². The van der Waals surface area contributed by atoms with Gasteiger partial charge >= 0.3 is 0 Å². The molecule has 1 aliphatic heterocycles. The molecule has 31 heavy (non-hydrogen) atoms. The van der Waals surface area contributed by atoms with Crippen molar-refractivity contribution in [2.45, 2.75) is 12.5 Å². The molecule has 0 spiro atoms. The second-order valence-electron chi connectivity index (χ2n) is 7.01. The summed E-state index contributed by atoms with van der Waals surface area (Å²) in [6, 6.07) is 14.2. The van der Waals surface area contributed by atoms with Crippen LogP contribution >= 0.6 is 34.8 Å². The Bertz CT molecular complexity index is 1170. The van der Waals surface area contributed by atoms with Crippen molar-refractivity contribution < 1.29 is 19.1 Å². The summed E-state index contributed by atoms with van der Waals surface area (Å²) in [5, 5.41) is 12.1. The van der Waals surface area contributed by atoms with Crippen LogP contribution in [0.15, 0.2) is 70.9 Å². The van der Waals surface area contributed by atoms with Gasteiger partial charge in [0.1, 0.15) is 17.6 Å². The highest BCUT2D eigenvalue weighted by Crippen LogP contribution is 2.40. The van der Waals surface area contributed by atoms with Crippen molar-refractivity contribution in [3.05, 3.63) is 98.4 Å². The van der Waals surface area contributed by atoms with Crippen LogP contribution in [0.2, 0.25) is 15.1 Å². The fourth-order valence-corrected chi connectivity index (χ4v) is 3.98. The number of hydrogen-bond donors (Lipinski definition) is 1. The maximum Gasteiger partial charge on any atom is 0.295 e. The monoisotopic (exact) mass is 475 g/mol. The molecule has 1 saturated heterocycles. The molecule has 1 N–H and O–H groups in total. The Balaban J connectivity index is 1.74. The Kier molecular flexibility index (Phi) is 6.10. The first-order chi connectivity index (χ1) is 14.9. The van der Waals surface area contributed by atoms with E-state index in [9.17, 15) is 14.7 Å². The molecule has 1 fully saturated rings. The number of amides is 1. The van der Waals surface area contributed by atoms with E-state index in [-0.39, 0.29) is 28.5 Å². The standard InChI is InChI=1S/C23H16Cl3NO4/c24-15-6-3-13(4-7-15)9-10-27-20(18-2-1-11-31-18)19(22(29)23(27)30)21(28)14-5-8-16(25)17(26)12-14/h1-8,11-12,20,28H,9-10H2/b21-19-. The third-order valence-corrected chi connectivity index (χ3v) is 6.09. The predicted octanol–water partition coefficient (Wildman–Crippen LogP) is 5.90. The van der Waals surface area contributed by atoms with Gasteiger partial charge in [0, 0.05) is 17.1 Å². The number of rotatable bonds is 5. The van der Waals surface area contributed by atoms with Gasteiger partial charge in [0.2, 0.25) is 0 Å². The lowest BCUT2D eigenvalue weighted by Crippen LogP contribution is -2.31. The summed E-state index contributed by atoms with van der Waals surface area (Å²) in [6.07, 6.45) is 1.95. The number of likely N-dealkylation sites (tertiary alicyclic amines) is 1. The van der Waals surface area contributed by atoms with Crippen LogP contribution in [0.1, 0.15) is 22.9 Å². The predicted molar refractivity (Wildman–Crippen MR) is 119 cm³/mol. The molecule has 1 amide bonds. The lowest BCUT2D eigenvalue weighted by Gasteiger charge is -2.23. The van der Waals surface area contributed by atoms with Gasteiger partial charge in [0.25, 0.3) is 11.7 Å². The lowest BCUT2D eigenvalue weighted by molar-refractivity contribution is -0.140. The van der Waals surface area contributed by atoms with Gasteiger partial charge in [-0.15, -0.1) is 0 Å². The SMILES string of the molecule is O=C1C(=O)N(CCc2ccc(Cl)cc2)C(c2ccco2)/C1=C(/O)c1ccc(Cl)c(Cl)c1. The van der Waals surface area contributed by atoms with E-state index >= 15 is 0 Å². The quantitative estimate of drug-likeness (QED) is 0.282. The Morgan fingerprint density at radius 3 is 2.39 bits per heavy atom. The van der Waals surface area contributed by atoms with Crippen LogP contribution in [0.4, 0.5) is 0 Å². The van der Waals surface area contributed by atoms with Gasteiger partial charge in [0.05, 0.1) is 21.9 Å². The summed E-state index contributed by atoms with van der Waals surface area (Å²) in [6.45, 7) is 0.246. The zero-order chi connectivity index (χ0) is 22.1. The van der Waals surface area contributed by atoms with Crippen molar-refractivity contribution in [2.75, 3.05) is 6.54 Å². The number of benzene rings is 2. The zero-order valence-electron chi connectivity index (χ0n) is 16.0. The topological polar surface area (TPSA) is 70.8 Å². The van der Waals surface area contributed by atoms with Gasteiger partial charge in [-0.05, 0) is 54.4 Å². The average molecular weight is 477 g/mol. The number of nitrogens with zero attached hydrogens (tertiary/aromatic N) is 1. The zero-order valence-corrected chi connectivity index (χ0v) is 18.3. The molecule has 1 unspecified atom stereocenters. The fraction of sp³-hybridized carbons (Fsp3) is 0.130. The van der Waals surface area contributed by atoms with E-state index in [2.05, 4.69) is 0 Å². The molecule has 2 aromatic carbocycles. The molecule has 8 heteroatoms. The van der Waals surface area contributed by atoms with Crippen LogP contribution in [0.25, 0.3) is 5.76 Å². The Labute approximate surface area is 193 Å². The van der Waals surface area contributed by atoms with Gasteiger partial charge in [-0.25, -0.2) is 0 Å². The van der Waals surface area contributed by atoms with Crippen molar-refractivity contribution >= 4 is 52.3 Å². The number of Topliss-reactive ketones (excluding diaryl/α,β-unsaturated/α-hetero) is 1. The van der Waals surface area contributed by atoms with Gasteiger partial charge < -0.3 is 14.4 Å². The molecule has 3 aromatic rings. The third kappa shape index (κ3) is 4.22. The first-order valence-corrected chi connectivity index (χ1v) is 10.5. The average Bonchev–Trinajstić information content (AvgIpc) is 3.37. The molecule has 1 aliphatic rings. The summed E-state index contributed by atoms with van der Waals surface area (Å²) < 4.78 is 5.52. The molecule has 1 atom stereocenters. The van der Waals surface area contributed by atoms with E-state index in [1.165, 1.54) is 29.4 Å². The molecular weight excluding hydrogens is 461 g/mol. The smallest absolute Gasteiger partial charge is 0.295 e. The summed E-state index contributed by atoms with van der Waals surface area (Å²) >= 11 is 18.0.